The molecule has 0 atom stereocenters. The Morgan fingerprint density at radius 2 is 1.89 bits per heavy atom. The van der Waals surface area contributed by atoms with Gasteiger partial charge in [-0.05, 0) is 47.0 Å². The van der Waals surface area contributed by atoms with Gasteiger partial charge in [-0.2, -0.15) is 0 Å². The van der Waals surface area contributed by atoms with E-state index in [4.69, 9.17) is 11.6 Å². The highest BCUT2D eigenvalue weighted by Gasteiger charge is 2.27. The predicted molar refractivity (Wildman–Crippen MR) is 82.4 cm³/mol. The molecule has 0 saturated carbocycles. The largest absolute Gasteiger partial charge is 0.394 e. The Labute approximate surface area is 123 Å². The lowest BCUT2D eigenvalue weighted by molar-refractivity contribution is 0.192. The van der Waals surface area contributed by atoms with Crippen molar-refractivity contribution in [2.45, 2.75) is 45.1 Å². The minimum atomic E-state index is -0.225. The number of benzene rings is 1. The van der Waals surface area contributed by atoms with Gasteiger partial charge >= 0.3 is 0 Å². The van der Waals surface area contributed by atoms with Gasteiger partial charge in [-0.1, -0.05) is 38.3 Å². The van der Waals surface area contributed by atoms with E-state index in [1.807, 2.05) is 18.2 Å². The van der Waals surface area contributed by atoms with Crippen LogP contribution in [0.25, 0.3) is 0 Å². The summed E-state index contributed by atoms with van der Waals surface area (Å²) in [6, 6.07) is 5.76. The van der Waals surface area contributed by atoms with Gasteiger partial charge in [0.05, 0.1) is 17.2 Å². The zero-order valence-corrected chi connectivity index (χ0v) is 13.3. The average molecular weight is 335 g/mol. The second kappa shape index (κ2) is 7.37. The summed E-state index contributed by atoms with van der Waals surface area (Å²) >= 11 is 9.40. The molecule has 2 N–H and O–H groups in total. The van der Waals surface area contributed by atoms with Crippen LogP contribution >= 0.6 is 27.5 Å². The summed E-state index contributed by atoms with van der Waals surface area (Å²) < 4.78 is 0.869. The van der Waals surface area contributed by atoms with Crippen LogP contribution in [0.15, 0.2) is 22.7 Å². The fraction of sp³-hybridized carbons (Fsp3) is 0.571. The zero-order chi connectivity index (χ0) is 13.6. The number of anilines is 1. The van der Waals surface area contributed by atoms with Crippen LogP contribution in [0.2, 0.25) is 5.02 Å². The monoisotopic (exact) mass is 333 g/mol. The Morgan fingerprint density at radius 1 is 1.28 bits per heavy atom. The van der Waals surface area contributed by atoms with Crippen molar-refractivity contribution in [3.63, 3.8) is 0 Å². The van der Waals surface area contributed by atoms with Crippen LogP contribution in [-0.4, -0.2) is 17.3 Å². The van der Waals surface area contributed by atoms with Crippen molar-refractivity contribution in [2.75, 3.05) is 11.9 Å². The quantitative estimate of drug-likeness (QED) is 0.747. The number of halogens is 2. The van der Waals surface area contributed by atoms with Crippen molar-refractivity contribution in [3.05, 3.63) is 27.7 Å². The lowest BCUT2D eigenvalue weighted by Gasteiger charge is -2.34. The van der Waals surface area contributed by atoms with Gasteiger partial charge < -0.3 is 10.4 Å². The minimum Gasteiger partial charge on any atom is -0.394 e. The minimum absolute atomic E-state index is 0.148. The molecule has 1 aromatic carbocycles. The van der Waals surface area contributed by atoms with Crippen LogP contribution in [0.3, 0.4) is 0 Å². The Balaban J connectivity index is 2.90. The maximum Gasteiger partial charge on any atom is 0.0661 e. The highest BCUT2D eigenvalue weighted by Crippen LogP contribution is 2.30. The van der Waals surface area contributed by atoms with Gasteiger partial charge in [0.25, 0.3) is 0 Å². The summed E-state index contributed by atoms with van der Waals surface area (Å²) in [5.41, 5.74) is 0.763. The van der Waals surface area contributed by atoms with E-state index < -0.39 is 0 Å². The highest BCUT2D eigenvalue weighted by atomic mass is 79.9. The van der Waals surface area contributed by atoms with Crippen LogP contribution in [0.4, 0.5) is 5.69 Å². The molecule has 102 valence electrons. The van der Waals surface area contributed by atoms with Crippen molar-refractivity contribution < 1.29 is 5.11 Å². The number of aliphatic hydroxyl groups excluding tert-OH is 1. The van der Waals surface area contributed by atoms with E-state index >= 15 is 0 Å². The van der Waals surface area contributed by atoms with Gasteiger partial charge in [0.15, 0.2) is 0 Å². The average Bonchev–Trinajstić information content (AvgIpc) is 2.34. The summed E-state index contributed by atoms with van der Waals surface area (Å²) in [6.45, 7) is 4.42. The van der Waals surface area contributed by atoms with E-state index in [2.05, 4.69) is 35.1 Å². The van der Waals surface area contributed by atoms with Crippen LogP contribution in [0.5, 0.6) is 0 Å². The molecule has 0 heterocycles. The van der Waals surface area contributed by atoms with Crippen LogP contribution in [-0.2, 0) is 0 Å². The molecular weight excluding hydrogens is 314 g/mol. The third-order valence-corrected chi connectivity index (χ3v) is 4.30. The molecule has 0 fully saturated rings. The standard InChI is InChI=1S/C14H21BrClNO/c1-3-7-14(10-18,8-4-2)17-11-5-6-13(16)12(15)9-11/h5-6,9,17-18H,3-4,7-8,10H2,1-2H3. The SMILES string of the molecule is CCCC(CO)(CCC)Nc1ccc(Cl)c(Br)c1. The number of aliphatic hydroxyl groups is 1. The van der Waals surface area contributed by atoms with Gasteiger partial charge in [0.1, 0.15) is 0 Å². The second-order valence-corrected chi connectivity index (χ2v) is 5.95. The lowest BCUT2D eigenvalue weighted by Crippen LogP contribution is -2.42. The maximum atomic E-state index is 9.72. The fourth-order valence-electron chi connectivity index (χ4n) is 2.28. The van der Waals surface area contributed by atoms with Gasteiger partial charge in [0.2, 0.25) is 0 Å². The van der Waals surface area contributed by atoms with Gasteiger partial charge in [-0.3, -0.25) is 0 Å². The van der Waals surface area contributed by atoms with Crippen molar-refractivity contribution >= 4 is 33.2 Å². The van der Waals surface area contributed by atoms with Crippen LogP contribution in [0, 0.1) is 0 Å². The molecule has 0 spiro atoms. The molecule has 0 radical (unpaired) electrons. The topological polar surface area (TPSA) is 32.3 Å². The van der Waals surface area contributed by atoms with Gasteiger partial charge in [-0.15, -0.1) is 0 Å². The van der Waals surface area contributed by atoms with Gasteiger partial charge in [0, 0.05) is 10.2 Å². The number of nitrogens with one attached hydrogen (secondary N) is 1. The molecule has 0 aromatic heterocycles. The predicted octanol–water partition coefficient (Wildman–Crippen LogP) is 4.85. The van der Waals surface area contributed by atoms with E-state index in [0.29, 0.717) is 5.02 Å². The van der Waals surface area contributed by atoms with Gasteiger partial charge in [-0.25, -0.2) is 0 Å². The van der Waals surface area contributed by atoms with Crippen LogP contribution < -0.4 is 5.32 Å². The number of hydrogen-bond acceptors (Lipinski definition) is 2. The molecule has 18 heavy (non-hydrogen) atoms. The summed E-state index contributed by atoms with van der Waals surface area (Å²) in [4.78, 5) is 0. The molecule has 0 saturated heterocycles. The van der Waals surface area contributed by atoms with E-state index in [0.717, 1.165) is 35.8 Å². The Morgan fingerprint density at radius 3 is 2.33 bits per heavy atom. The lowest BCUT2D eigenvalue weighted by atomic mass is 9.89. The first-order valence-corrected chi connectivity index (χ1v) is 7.58. The Bertz CT molecular complexity index is 378. The Kier molecular flexibility index (Phi) is 6.47. The molecule has 0 aliphatic heterocycles. The molecule has 0 unspecified atom stereocenters. The molecule has 2 nitrogen and oxygen atoms in total. The number of hydrogen-bond donors (Lipinski definition) is 2. The third-order valence-electron chi connectivity index (χ3n) is 3.09. The summed E-state index contributed by atoms with van der Waals surface area (Å²) in [7, 11) is 0. The van der Waals surface area contributed by atoms with Crippen molar-refractivity contribution in [2.24, 2.45) is 0 Å². The van der Waals surface area contributed by atoms with E-state index in [9.17, 15) is 5.11 Å². The fourth-order valence-corrected chi connectivity index (χ4v) is 2.78. The first kappa shape index (κ1) is 15.8. The highest BCUT2D eigenvalue weighted by molar-refractivity contribution is 9.10. The third kappa shape index (κ3) is 4.15. The van der Waals surface area contributed by atoms with Crippen LogP contribution in [0.1, 0.15) is 39.5 Å². The van der Waals surface area contributed by atoms with E-state index in [1.54, 1.807) is 0 Å². The molecule has 1 aromatic rings. The summed E-state index contributed by atoms with van der Waals surface area (Å²) in [6.07, 6.45) is 4.00. The molecule has 0 aliphatic rings. The molecule has 0 aliphatic carbocycles. The van der Waals surface area contributed by atoms with Crippen molar-refractivity contribution in [1.82, 2.24) is 0 Å². The normalized spacial score (nSPS) is 11.6. The zero-order valence-electron chi connectivity index (χ0n) is 11.0. The number of rotatable bonds is 7. The van der Waals surface area contributed by atoms with E-state index in [-0.39, 0.29) is 12.1 Å². The molecule has 1 rings (SSSR count). The summed E-state index contributed by atoms with van der Waals surface area (Å²) in [5.74, 6) is 0. The van der Waals surface area contributed by atoms with E-state index in [1.165, 1.54) is 0 Å². The molecule has 4 heteroatoms. The summed E-state index contributed by atoms with van der Waals surface area (Å²) in [5, 5.41) is 13.9. The second-order valence-electron chi connectivity index (χ2n) is 4.69. The van der Waals surface area contributed by atoms with Crippen molar-refractivity contribution in [1.29, 1.82) is 0 Å². The first-order valence-electron chi connectivity index (χ1n) is 6.41. The molecule has 0 amide bonds. The molecule has 0 bridgehead atoms. The smallest absolute Gasteiger partial charge is 0.0661 e. The molecular formula is C14H21BrClNO. The maximum absolute atomic E-state index is 9.72. The first-order chi connectivity index (χ1) is 8.56. The Hall–Kier alpha value is -0.250. The van der Waals surface area contributed by atoms with Crippen molar-refractivity contribution in [3.8, 4) is 0 Å².